The molecule has 0 saturated heterocycles. The van der Waals surface area contributed by atoms with Gasteiger partial charge in [0, 0.05) is 5.70 Å². The fraction of sp³-hybridized carbons (Fsp3) is 0.238. The van der Waals surface area contributed by atoms with Gasteiger partial charge in [-0.25, -0.2) is 4.79 Å². The zero-order chi connectivity index (χ0) is 19.6. The number of ether oxygens (including phenoxy) is 1. The minimum atomic E-state index is -0.533. The molecule has 1 heterocycles. The van der Waals surface area contributed by atoms with Gasteiger partial charge in [0.05, 0.1) is 24.4 Å². The highest BCUT2D eigenvalue weighted by Crippen LogP contribution is 2.31. The lowest BCUT2D eigenvalue weighted by Gasteiger charge is -2.29. The third-order valence-electron chi connectivity index (χ3n) is 4.61. The van der Waals surface area contributed by atoms with E-state index in [2.05, 4.69) is 16.0 Å². The summed E-state index contributed by atoms with van der Waals surface area (Å²) in [5.74, 6) is 0.273. The summed E-state index contributed by atoms with van der Waals surface area (Å²) in [6.07, 6.45) is 0. The van der Waals surface area contributed by atoms with Gasteiger partial charge in [0.2, 0.25) is 0 Å². The molecule has 1 atom stereocenters. The van der Waals surface area contributed by atoms with E-state index in [4.69, 9.17) is 4.74 Å². The van der Waals surface area contributed by atoms with Crippen molar-refractivity contribution in [1.82, 2.24) is 10.6 Å². The summed E-state index contributed by atoms with van der Waals surface area (Å²) in [4.78, 5) is 25.2. The normalized spacial score (nSPS) is 16.4. The number of hydrogen-bond donors (Lipinski definition) is 3. The minimum Gasteiger partial charge on any atom is -0.495 e. The average molecular weight is 365 g/mol. The maximum atomic E-state index is 13.1. The minimum absolute atomic E-state index is 0.297. The first kappa shape index (κ1) is 18.5. The second kappa shape index (κ2) is 7.53. The first-order valence-corrected chi connectivity index (χ1v) is 8.70. The van der Waals surface area contributed by atoms with Gasteiger partial charge in [-0.3, -0.25) is 4.79 Å². The first-order valence-electron chi connectivity index (χ1n) is 8.70. The standard InChI is InChI=1S/C21H23N3O3/c1-12-9-10-15(13(2)11-12)19-18(14(3)22-21(26)24-19)20(25)23-16-7-5-6-8-17(16)27-4/h5-11,19H,1-4H3,(H,23,25)(H2,22,24,26)/t19-/m0/s1. The van der Waals surface area contributed by atoms with Crippen LogP contribution in [-0.2, 0) is 4.79 Å². The summed E-state index contributed by atoms with van der Waals surface area (Å²) in [5, 5.41) is 8.46. The molecule has 1 aliphatic rings. The predicted molar refractivity (Wildman–Crippen MR) is 105 cm³/mol. The van der Waals surface area contributed by atoms with Crippen molar-refractivity contribution < 1.29 is 14.3 Å². The number of urea groups is 1. The summed E-state index contributed by atoms with van der Waals surface area (Å²) < 4.78 is 5.31. The summed E-state index contributed by atoms with van der Waals surface area (Å²) in [6.45, 7) is 5.71. The van der Waals surface area contributed by atoms with Crippen LogP contribution in [-0.4, -0.2) is 19.0 Å². The second-order valence-electron chi connectivity index (χ2n) is 6.58. The number of hydrogen-bond acceptors (Lipinski definition) is 3. The van der Waals surface area contributed by atoms with Crippen LogP contribution in [0.5, 0.6) is 5.75 Å². The number of anilines is 1. The Labute approximate surface area is 158 Å². The molecule has 0 aromatic heterocycles. The Kier molecular flexibility index (Phi) is 5.16. The SMILES string of the molecule is COc1ccccc1NC(=O)C1=C(C)NC(=O)N[C@H]1c1ccc(C)cc1C. The first-order chi connectivity index (χ1) is 12.9. The molecule has 6 heteroatoms. The molecule has 2 aromatic rings. The maximum Gasteiger partial charge on any atom is 0.319 e. The van der Waals surface area contributed by atoms with E-state index in [9.17, 15) is 9.59 Å². The molecule has 140 valence electrons. The molecule has 0 fully saturated rings. The molecule has 0 bridgehead atoms. The van der Waals surface area contributed by atoms with Gasteiger partial charge in [-0.05, 0) is 44.0 Å². The van der Waals surface area contributed by atoms with Gasteiger partial charge < -0.3 is 20.7 Å². The Hall–Kier alpha value is -3.28. The van der Waals surface area contributed by atoms with Crippen LogP contribution in [0.15, 0.2) is 53.7 Å². The van der Waals surface area contributed by atoms with E-state index in [0.29, 0.717) is 22.7 Å². The number of amides is 3. The van der Waals surface area contributed by atoms with Gasteiger partial charge in [0.15, 0.2) is 0 Å². The van der Waals surface area contributed by atoms with Crippen molar-refractivity contribution in [1.29, 1.82) is 0 Å². The number of nitrogens with one attached hydrogen (secondary N) is 3. The lowest BCUT2D eigenvalue weighted by molar-refractivity contribution is -0.113. The van der Waals surface area contributed by atoms with Crippen LogP contribution in [0.2, 0.25) is 0 Å². The molecule has 0 spiro atoms. The molecule has 6 nitrogen and oxygen atoms in total. The molecule has 0 radical (unpaired) electrons. The third-order valence-corrected chi connectivity index (χ3v) is 4.61. The summed E-state index contributed by atoms with van der Waals surface area (Å²) in [7, 11) is 1.55. The number of para-hydroxylation sites is 2. The van der Waals surface area contributed by atoms with Gasteiger partial charge in [-0.1, -0.05) is 35.9 Å². The van der Waals surface area contributed by atoms with Crippen molar-refractivity contribution >= 4 is 17.6 Å². The molecule has 0 aliphatic carbocycles. The quantitative estimate of drug-likeness (QED) is 0.775. The largest absolute Gasteiger partial charge is 0.495 e. The molecule has 27 heavy (non-hydrogen) atoms. The molecule has 3 rings (SSSR count). The average Bonchev–Trinajstić information content (AvgIpc) is 2.61. The highest BCUT2D eigenvalue weighted by Gasteiger charge is 2.32. The molecule has 1 aliphatic heterocycles. The molecule has 0 saturated carbocycles. The maximum absolute atomic E-state index is 13.1. The molecule has 3 N–H and O–H groups in total. The van der Waals surface area contributed by atoms with Crippen molar-refractivity contribution in [3.63, 3.8) is 0 Å². The Morgan fingerprint density at radius 1 is 1.11 bits per heavy atom. The van der Waals surface area contributed by atoms with Crippen LogP contribution >= 0.6 is 0 Å². The van der Waals surface area contributed by atoms with E-state index in [1.165, 1.54) is 0 Å². The zero-order valence-electron chi connectivity index (χ0n) is 15.8. The fourth-order valence-corrected chi connectivity index (χ4v) is 3.32. The van der Waals surface area contributed by atoms with Crippen molar-refractivity contribution in [3.8, 4) is 5.75 Å². The van der Waals surface area contributed by atoms with Crippen molar-refractivity contribution in [3.05, 3.63) is 70.4 Å². The third kappa shape index (κ3) is 3.79. The van der Waals surface area contributed by atoms with Gasteiger partial charge >= 0.3 is 6.03 Å². The van der Waals surface area contributed by atoms with Crippen LogP contribution in [0.4, 0.5) is 10.5 Å². The number of rotatable bonds is 4. The molecular weight excluding hydrogens is 342 g/mol. The van der Waals surface area contributed by atoms with Gasteiger partial charge in [-0.15, -0.1) is 0 Å². The van der Waals surface area contributed by atoms with Crippen LogP contribution < -0.4 is 20.7 Å². The second-order valence-corrected chi connectivity index (χ2v) is 6.58. The van der Waals surface area contributed by atoms with E-state index in [1.54, 1.807) is 26.2 Å². The number of carbonyl (C=O) groups is 2. The Morgan fingerprint density at radius 2 is 1.85 bits per heavy atom. The van der Waals surface area contributed by atoms with Crippen molar-refractivity contribution in [2.24, 2.45) is 0 Å². The van der Waals surface area contributed by atoms with E-state index in [1.807, 2.05) is 44.2 Å². The Balaban J connectivity index is 2.00. The molecule has 3 amide bonds. The van der Waals surface area contributed by atoms with Gasteiger partial charge in [-0.2, -0.15) is 0 Å². The van der Waals surface area contributed by atoms with Crippen molar-refractivity contribution in [2.45, 2.75) is 26.8 Å². The Bertz CT molecular complexity index is 934. The van der Waals surface area contributed by atoms with E-state index >= 15 is 0 Å². The number of benzene rings is 2. The topological polar surface area (TPSA) is 79.5 Å². The molecule has 2 aromatic carbocycles. The van der Waals surface area contributed by atoms with E-state index in [-0.39, 0.29) is 11.9 Å². The summed E-state index contributed by atoms with van der Waals surface area (Å²) in [5.41, 5.74) is 4.58. The number of methoxy groups -OCH3 is 1. The monoisotopic (exact) mass is 365 g/mol. The van der Waals surface area contributed by atoms with Crippen LogP contribution in [0.25, 0.3) is 0 Å². The van der Waals surface area contributed by atoms with Crippen LogP contribution in [0, 0.1) is 13.8 Å². The smallest absolute Gasteiger partial charge is 0.319 e. The molecule has 0 unspecified atom stereocenters. The summed E-state index contributed by atoms with van der Waals surface area (Å²) in [6, 6.07) is 12.3. The number of allylic oxidation sites excluding steroid dienone is 1. The van der Waals surface area contributed by atoms with E-state index in [0.717, 1.165) is 16.7 Å². The lowest BCUT2D eigenvalue weighted by atomic mass is 9.91. The van der Waals surface area contributed by atoms with Crippen molar-refractivity contribution in [2.75, 3.05) is 12.4 Å². The summed E-state index contributed by atoms with van der Waals surface area (Å²) >= 11 is 0. The number of carbonyl (C=O) groups excluding carboxylic acids is 2. The zero-order valence-corrected chi connectivity index (χ0v) is 15.8. The molecular formula is C21H23N3O3. The van der Waals surface area contributed by atoms with E-state index < -0.39 is 6.04 Å². The highest BCUT2D eigenvalue weighted by molar-refractivity contribution is 6.07. The van der Waals surface area contributed by atoms with Gasteiger partial charge in [0.25, 0.3) is 5.91 Å². The van der Waals surface area contributed by atoms with Gasteiger partial charge in [0.1, 0.15) is 5.75 Å². The fourth-order valence-electron chi connectivity index (χ4n) is 3.32. The number of aryl methyl sites for hydroxylation is 2. The highest BCUT2D eigenvalue weighted by atomic mass is 16.5. The lowest BCUT2D eigenvalue weighted by Crippen LogP contribution is -2.46. The van der Waals surface area contributed by atoms with Crippen LogP contribution in [0.3, 0.4) is 0 Å². The predicted octanol–water partition coefficient (Wildman–Crippen LogP) is 3.58. The Morgan fingerprint density at radius 3 is 2.56 bits per heavy atom. The van der Waals surface area contributed by atoms with Crippen LogP contribution in [0.1, 0.15) is 29.7 Å².